The number of hydrogen-bond donors (Lipinski definition) is 1. The largest absolute Gasteiger partial charge is 0.322 e. The maximum atomic E-state index is 13.8. The van der Waals surface area contributed by atoms with E-state index in [2.05, 4.69) is 10.3 Å². The molecule has 3 aromatic rings. The first kappa shape index (κ1) is 16.0. The predicted octanol–water partition coefficient (Wildman–Crippen LogP) is 4.94. The number of nitrogens with one attached hydrogen (secondary N) is 1. The number of aromatic nitrogens is 1. The number of carbonyl (C=O) groups is 1. The molecule has 2 heterocycles. The monoisotopic (exact) mass is 359 g/mol. The lowest BCUT2D eigenvalue weighted by Crippen LogP contribution is -2.34. The van der Waals surface area contributed by atoms with Crippen LogP contribution in [0.5, 0.6) is 0 Å². The highest BCUT2D eigenvalue weighted by atomic mass is 32.1. The average molecular weight is 359 g/mol. The zero-order valence-electron chi connectivity index (χ0n) is 13.2. The number of hydrogen-bond acceptors (Lipinski definition) is 3. The number of urea groups is 1. The Bertz CT molecular complexity index is 910. The zero-order valence-corrected chi connectivity index (χ0v) is 14.0. The zero-order chi connectivity index (χ0) is 17.4. The SMILES string of the molecule is O=C(Nc1ccc(F)cc1F)N1CCC[C@@H]1c1nc2ccccc2s1. The molecule has 0 aliphatic carbocycles. The number of anilines is 1. The van der Waals surface area contributed by atoms with Gasteiger partial charge in [-0.25, -0.2) is 18.6 Å². The molecule has 0 saturated carbocycles. The van der Waals surface area contributed by atoms with Crippen LogP contribution in [0, 0.1) is 11.6 Å². The highest BCUT2D eigenvalue weighted by Gasteiger charge is 2.32. The molecule has 1 fully saturated rings. The van der Waals surface area contributed by atoms with Gasteiger partial charge in [0.05, 0.1) is 21.9 Å². The molecule has 1 saturated heterocycles. The molecule has 1 aliphatic rings. The lowest BCUT2D eigenvalue weighted by Gasteiger charge is -2.23. The van der Waals surface area contributed by atoms with Crippen molar-refractivity contribution in [2.75, 3.05) is 11.9 Å². The molecule has 2 amide bonds. The number of halogens is 2. The molecule has 0 unspecified atom stereocenters. The first-order valence-corrected chi connectivity index (χ1v) is 8.81. The van der Waals surface area contributed by atoms with Crippen LogP contribution in [0.3, 0.4) is 0 Å². The summed E-state index contributed by atoms with van der Waals surface area (Å²) in [7, 11) is 0. The molecule has 1 aliphatic heterocycles. The van der Waals surface area contributed by atoms with E-state index in [4.69, 9.17) is 0 Å². The smallest absolute Gasteiger partial charge is 0.315 e. The van der Waals surface area contributed by atoms with Gasteiger partial charge in [-0.3, -0.25) is 0 Å². The lowest BCUT2D eigenvalue weighted by atomic mass is 10.2. The third-order valence-electron chi connectivity index (χ3n) is 4.28. The Morgan fingerprint density at radius 2 is 2.08 bits per heavy atom. The van der Waals surface area contributed by atoms with Crippen LogP contribution in [0.4, 0.5) is 19.3 Å². The molecule has 2 aromatic carbocycles. The Hall–Kier alpha value is -2.54. The molecule has 4 nitrogen and oxygen atoms in total. The van der Waals surface area contributed by atoms with Gasteiger partial charge in [-0.15, -0.1) is 11.3 Å². The van der Waals surface area contributed by atoms with Gasteiger partial charge in [0, 0.05) is 12.6 Å². The van der Waals surface area contributed by atoms with Crippen LogP contribution in [0.25, 0.3) is 10.2 Å². The van der Waals surface area contributed by atoms with E-state index in [0.717, 1.165) is 40.2 Å². The standard InChI is InChI=1S/C18H15F2N3OS/c19-11-7-8-13(12(20)10-11)22-18(24)23-9-3-5-15(23)17-21-14-4-1-2-6-16(14)25-17/h1-2,4,6-8,10,15H,3,5,9H2,(H,22,24)/t15-/m1/s1. The molecule has 1 aromatic heterocycles. The predicted molar refractivity (Wildman–Crippen MR) is 93.7 cm³/mol. The Morgan fingerprint density at radius 3 is 2.88 bits per heavy atom. The van der Waals surface area contributed by atoms with Crippen LogP contribution in [-0.2, 0) is 0 Å². The number of amides is 2. The minimum Gasteiger partial charge on any atom is -0.315 e. The highest BCUT2D eigenvalue weighted by molar-refractivity contribution is 7.18. The molecule has 128 valence electrons. The minimum atomic E-state index is -0.788. The van der Waals surface area contributed by atoms with Gasteiger partial charge in [0.1, 0.15) is 16.6 Å². The Kier molecular flexibility index (Phi) is 4.09. The maximum absolute atomic E-state index is 13.8. The number of fused-ring (bicyclic) bond motifs is 1. The second-order valence-electron chi connectivity index (χ2n) is 5.93. The van der Waals surface area contributed by atoms with Gasteiger partial charge in [-0.2, -0.15) is 0 Å². The van der Waals surface area contributed by atoms with Crippen LogP contribution in [-0.4, -0.2) is 22.5 Å². The molecule has 4 rings (SSSR count). The van der Waals surface area contributed by atoms with E-state index in [1.54, 1.807) is 16.2 Å². The maximum Gasteiger partial charge on any atom is 0.322 e. The third-order valence-corrected chi connectivity index (χ3v) is 5.42. The van der Waals surface area contributed by atoms with E-state index in [1.165, 1.54) is 6.07 Å². The van der Waals surface area contributed by atoms with Gasteiger partial charge >= 0.3 is 6.03 Å². The Labute approximate surface area is 147 Å². The van der Waals surface area contributed by atoms with Crippen molar-refractivity contribution >= 4 is 33.3 Å². The summed E-state index contributed by atoms with van der Waals surface area (Å²) in [5, 5.41) is 3.42. The number of rotatable bonds is 2. The molecular formula is C18H15F2N3OS. The number of para-hydroxylation sites is 1. The summed E-state index contributed by atoms with van der Waals surface area (Å²) in [5.74, 6) is -1.46. The van der Waals surface area contributed by atoms with Crippen LogP contribution >= 0.6 is 11.3 Å². The van der Waals surface area contributed by atoms with Crippen LogP contribution < -0.4 is 5.32 Å². The summed E-state index contributed by atoms with van der Waals surface area (Å²) in [4.78, 5) is 18.9. The second kappa shape index (κ2) is 6.40. The Morgan fingerprint density at radius 1 is 1.24 bits per heavy atom. The van der Waals surface area contributed by atoms with Gasteiger partial charge in [0.2, 0.25) is 0 Å². The van der Waals surface area contributed by atoms with Gasteiger partial charge in [0.15, 0.2) is 0 Å². The van der Waals surface area contributed by atoms with E-state index < -0.39 is 17.7 Å². The fraction of sp³-hybridized carbons (Fsp3) is 0.222. The van der Waals surface area contributed by atoms with Gasteiger partial charge < -0.3 is 10.2 Å². The van der Waals surface area contributed by atoms with E-state index in [-0.39, 0.29) is 11.7 Å². The quantitative estimate of drug-likeness (QED) is 0.704. The van der Waals surface area contributed by atoms with Crippen molar-refractivity contribution in [1.29, 1.82) is 0 Å². The fourth-order valence-corrected chi connectivity index (χ4v) is 4.19. The minimum absolute atomic E-state index is 0.0265. The molecule has 1 N–H and O–H groups in total. The number of benzene rings is 2. The molecule has 25 heavy (non-hydrogen) atoms. The van der Waals surface area contributed by atoms with Crippen LogP contribution in [0.15, 0.2) is 42.5 Å². The summed E-state index contributed by atoms with van der Waals surface area (Å²) in [5.41, 5.74) is 0.890. The van der Waals surface area contributed by atoms with Crippen molar-refractivity contribution in [2.24, 2.45) is 0 Å². The van der Waals surface area contributed by atoms with Crippen molar-refractivity contribution < 1.29 is 13.6 Å². The van der Waals surface area contributed by atoms with Crippen molar-refractivity contribution in [3.8, 4) is 0 Å². The van der Waals surface area contributed by atoms with Gasteiger partial charge in [-0.1, -0.05) is 12.1 Å². The second-order valence-corrected chi connectivity index (χ2v) is 6.99. The summed E-state index contributed by atoms with van der Waals surface area (Å²) in [6.45, 7) is 0.579. The average Bonchev–Trinajstić information content (AvgIpc) is 3.23. The lowest BCUT2D eigenvalue weighted by molar-refractivity contribution is 0.207. The summed E-state index contributed by atoms with van der Waals surface area (Å²) in [6, 6.07) is 10.4. The van der Waals surface area contributed by atoms with E-state index >= 15 is 0 Å². The van der Waals surface area contributed by atoms with E-state index in [9.17, 15) is 13.6 Å². The number of likely N-dealkylation sites (tertiary alicyclic amines) is 1. The third kappa shape index (κ3) is 3.07. The Balaban J connectivity index is 1.57. The first-order chi connectivity index (χ1) is 12.1. The van der Waals surface area contributed by atoms with Crippen molar-refractivity contribution in [3.63, 3.8) is 0 Å². The summed E-state index contributed by atoms with van der Waals surface area (Å²) in [6.07, 6.45) is 1.68. The molecule has 7 heteroatoms. The van der Waals surface area contributed by atoms with Crippen molar-refractivity contribution in [3.05, 3.63) is 59.1 Å². The molecular weight excluding hydrogens is 344 g/mol. The number of nitrogens with zero attached hydrogens (tertiary/aromatic N) is 2. The molecule has 0 radical (unpaired) electrons. The normalized spacial score (nSPS) is 17.2. The fourth-order valence-electron chi connectivity index (χ4n) is 3.08. The van der Waals surface area contributed by atoms with Gasteiger partial charge in [0.25, 0.3) is 0 Å². The van der Waals surface area contributed by atoms with Crippen molar-refractivity contribution in [1.82, 2.24) is 9.88 Å². The highest BCUT2D eigenvalue weighted by Crippen LogP contribution is 2.36. The topological polar surface area (TPSA) is 45.2 Å². The molecule has 0 spiro atoms. The van der Waals surface area contributed by atoms with Gasteiger partial charge in [-0.05, 0) is 37.1 Å². The summed E-state index contributed by atoms with van der Waals surface area (Å²) >= 11 is 1.57. The first-order valence-electron chi connectivity index (χ1n) is 8.00. The molecule has 0 bridgehead atoms. The van der Waals surface area contributed by atoms with Crippen molar-refractivity contribution in [2.45, 2.75) is 18.9 Å². The van der Waals surface area contributed by atoms with E-state index in [1.807, 2.05) is 24.3 Å². The van der Waals surface area contributed by atoms with Crippen LogP contribution in [0.1, 0.15) is 23.9 Å². The number of thiazole rings is 1. The number of carbonyl (C=O) groups excluding carboxylic acids is 1. The van der Waals surface area contributed by atoms with Crippen LogP contribution in [0.2, 0.25) is 0 Å². The summed E-state index contributed by atoms with van der Waals surface area (Å²) < 4.78 is 27.9. The van der Waals surface area contributed by atoms with E-state index in [0.29, 0.717) is 6.54 Å². The molecule has 1 atom stereocenters.